The number of aldehydes is 1. The van der Waals surface area contributed by atoms with E-state index in [1.807, 2.05) is 0 Å². The molecule has 58 valence electrons. The molecule has 1 heterocycles. The number of aromatic nitrogens is 1. The second-order valence-electron chi connectivity index (χ2n) is 2.93. The molecule has 0 spiro atoms. The smallest absolute Gasteiger partial charge is 0.155 e. The van der Waals surface area contributed by atoms with E-state index in [2.05, 4.69) is 5.16 Å². The summed E-state index contributed by atoms with van der Waals surface area (Å²) >= 11 is 0. The maximum absolute atomic E-state index is 10.5. The normalized spacial score (nSPS) is 16.8. The van der Waals surface area contributed by atoms with Crippen molar-refractivity contribution in [3.8, 4) is 0 Å². The van der Waals surface area contributed by atoms with E-state index < -0.39 is 0 Å². The Kier molecular flexibility index (Phi) is 1.31. The van der Waals surface area contributed by atoms with Crippen molar-refractivity contribution in [2.45, 2.75) is 25.7 Å². The lowest BCUT2D eigenvalue weighted by Gasteiger charge is -1.87. The summed E-state index contributed by atoms with van der Waals surface area (Å²) in [6, 6.07) is 0. The molecule has 11 heavy (non-hydrogen) atoms. The van der Waals surface area contributed by atoms with Gasteiger partial charge in [-0.15, -0.1) is 0 Å². The second kappa shape index (κ2) is 2.19. The molecule has 0 aliphatic heterocycles. The summed E-state index contributed by atoms with van der Waals surface area (Å²) in [5, 5.41) is 3.84. The molecule has 0 unspecified atom stereocenters. The SMILES string of the molecule is Cc1onc(C2CC2)c1C=O. The largest absolute Gasteiger partial charge is 0.361 e. The summed E-state index contributed by atoms with van der Waals surface area (Å²) in [4.78, 5) is 10.5. The van der Waals surface area contributed by atoms with E-state index in [4.69, 9.17) is 4.52 Å². The van der Waals surface area contributed by atoms with Gasteiger partial charge in [0.25, 0.3) is 0 Å². The van der Waals surface area contributed by atoms with Crippen LogP contribution in [0.25, 0.3) is 0 Å². The number of rotatable bonds is 2. The fourth-order valence-electron chi connectivity index (χ4n) is 1.19. The number of hydrogen-bond acceptors (Lipinski definition) is 3. The number of carbonyl (C=O) groups excluding carboxylic acids is 1. The van der Waals surface area contributed by atoms with Crippen LogP contribution >= 0.6 is 0 Å². The highest BCUT2D eigenvalue weighted by atomic mass is 16.5. The summed E-state index contributed by atoms with van der Waals surface area (Å²) in [5.74, 6) is 1.13. The summed E-state index contributed by atoms with van der Waals surface area (Å²) in [7, 11) is 0. The topological polar surface area (TPSA) is 43.1 Å². The Morgan fingerprint density at radius 2 is 2.36 bits per heavy atom. The minimum absolute atomic E-state index is 0.493. The number of carbonyl (C=O) groups is 1. The average Bonchev–Trinajstić information content (AvgIpc) is 2.76. The van der Waals surface area contributed by atoms with Crippen molar-refractivity contribution in [3.63, 3.8) is 0 Å². The lowest BCUT2D eigenvalue weighted by molar-refractivity contribution is 0.112. The van der Waals surface area contributed by atoms with Gasteiger partial charge >= 0.3 is 0 Å². The van der Waals surface area contributed by atoms with E-state index in [9.17, 15) is 4.79 Å². The van der Waals surface area contributed by atoms with Crippen LogP contribution in [-0.2, 0) is 0 Å². The van der Waals surface area contributed by atoms with Gasteiger partial charge in [-0.25, -0.2) is 0 Å². The third kappa shape index (κ3) is 0.964. The van der Waals surface area contributed by atoms with Crippen molar-refractivity contribution in [1.29, 1.82) is 0 Å². The fourth-order valence-corrected chi connectivity index (χ4v) is 1.19. The Labute approximate surface area is 64.4 Å². The molecular weight excluding hydrogens is 142 g/mol. The molecule has 3 nitrogen and oxygen atoms in total. The molecule has 3 heteroatoms. The third-order valence-corrected chi connectivity index (χ3v) is 2.02. The van der Waals surface area contributed by atoms with E-state index in [0.29, 0.717) is 17.2 Å². The van der Waals surface area contributed by atoms with Gasteiger partial charge in [-0.2, -0.15) is 0 Å². The molecule has 2 rings (SSSR count). The van der Waals surface area contributed by atoms with Crippen LogP contribution in [0.2, 0.25) is 0 Å². The first-order chi connectivity index (χ1) is 5.33. The zero-order valence-electron chi connectivity index (χ0n) is 6.33. The van der Waals surface area contributed by atoms with Gasteiger partial charge in [-0.3, -0.25) is 4.79 Å². The van der Waals surface area contributed by atoms with Gasteiger partial charge in [0.1, 0.15) is 5.76 Å². The summed E-state index contributed by atoms with van der Waals surface area (Å²) < 4.78 is 4.91. The van der Waals surface area contributed by atoms with E-state index >= 15 is 0 Å². The predicted molar refractivity (Wildman–Crippen MR) is 38.6 cm³/mol. The fraction of sp³-hybridized carbons (Fsp3) is 0.500. The summed E-state index contributed by atoms with van der Waals surface area (Å²) in [6.45, 7) is 1.77. The average molecular weight is 151 g/mol. The Morgan fingerprint density at radius 1 is 1.64 bits per heavy atom. The van der Waals surface area contributed by atoms with Crippen LogP contribution in [0.15, 0.2) is 4.52 Å². The van der Waals surface area contributed by atoms with Gasteiger partial charge in [0.2, 0.25) is 0 Å². The Morgan fingerprint density at radius 3 is 2.91 bits per heavy atom. The standard InChI is InChI=1S/C8H9NO2/c1-5-7(4-10)8(9-11-5)6-2-3-6/h4,6H,2-3H2,1H3. The second-order valence-corrected chi connectivity index (χ2v) is 2.93. The first-order valence-electron chi connectivity index (χ1n) is 3.74. The minimum atomic E-state index is 0.493. The molecule has 1 aliphatic carbocycles. The molecule has 1 aromatic heterocycles. The molecule has 1 aromatic rings. The number of nitrogens with zero attached hydrogens (tertiary/aromatic N) is 1. The minimum Gasteiger partial charge on any atom is -0.361 e. The van der Waals surface area contributed by atoms with E-state index in [-0.39, 0.29) is 0 Å². The monoisotopic (exact) mass is 151 g/mol. The molecule has 0 bridgehead atoms. The van der Waals surface area contributed by atoms with Crippen LogP contribution in [0.5, 0.6) is 0 Å². The van der Waals surface area contributed by atoms with E-state index in [1.165, 1.54) is 0 Å². The summed E-state index contributed by atoms with van der Waals surface area (Å²) in [5.41, 5.74) is 1.52. The van der Waals surface area contributed by atoms with Gasteiger partial charge in [0.05, 0.1) is 11.3 Å². The first kappa shape index (κ1) is 6.58. The summed E-state index contributed by atoms with van der Waals surface area (Å²) in [6.07, 6.45) is 3.12. The molecule has 0 radical (unpaired) electrons. The van der Waals surface area contributed by atoms with Crippen molar-refractivity contribution in [1.82, 2.24) is 5.16 Å². The van der Waals surface area contributed by atoms with Crippen molar-refractivity contribution in [2.24, 2.45) is 0 Å². The van der Waals surface area contributed by atoms with Gasteiger partial charge in [-0.1, -0.05) is 5.16 Å². The lowest BCUT2D eigenvalue weighted by atomic mass is 10.1. The van der Waals surface area contributed by atoms with Crippen molar-refractivity contribution < 1.29 is 9.32 Å². The van der Waals surface area contributed by atoms with Gasteiger partial charge in [0, 0.05) is 5.92 Å². The zero-order valence-corrected chi connectivity index (χ0v) is 6.33. The number of aryl methyl sites for hydroxylation is 1. The molecular formula is C8H9NO2. The molecule has 0 saturated heterocycles. The first-order valence-corrected chi connectivity index (χ1v) is 3.74. The van der Waals surface area contributed by atoms with Crippen molar-refractivity contribution in [3.05, 3.63) is 17.0 Å². The molecule has 0 N–H and O–H groups in total. The molecule has 0 aromatic carbocycles. The van der Waals surface area contributed by atoms with Crippen LogP contribution in [0.3, 0.4) is 0 Å². The molecule has 0 amide bonds. The van der Waals surface area contributed by atoms with Crippen molar-refractivity contribution >= 4 is 6.29 Å². The van der Waals surface area contributed by atoms with E-state index in [1.54, 1.807) is 6.92 Å². The Bertz CT molecular complexity index is 286. The highest BCUT2D eigenvalue weighted by Crippen LogP contribution is 2.41. The van der Waals surface area contributed by atoms with E-state index in [0.717, 1.165) is 24.8 Å². The maximum atomic E-state index is 10.5. The van der Waals surface area contributed by atoms with Crippen LogP contribution in [-0.4, -0.2) is 11.4 Å². The predicted octanol–water partition coefficient (Wildman–Crippen LogP) is 1.67. The Balaban J connectivity index is 2.44. The zero-order chi connectivity index (χ0) is 7.84. The molecule has 1 fully saturated rings. The molecule has 1 saturated carbocycles. The highest BCUT2D eigenvalue weighted by Gasteiger charge is 2.30. The van der Waals surface area contributed by atoms with Gasteiger partial charge < -0.3 is 4.52 Å². The van der Waals surface area contributed by atoms with Crippen LogP contribution < -0.4 is 0 Å². The molecule has 1 aliphatic rings. The van der Waals surface area contributed by atoms with Crippen molar-refractivity contribution in [2.75, 3.05) is 0 Å². The number of hydrogen-bond donors (Lipinski definition) is 0. The van der Waals surface area contributed by atoms with Gasteiger partial charge in [-0.05, 0) is 19.8 Å². The lowest BCUT2D eigenvalue weighted by Crippen LogP contribution is -1.87. The maximum Gasteiger partial charge on any atom is 0.155 e. The van der Waals surface area contributed by atoms with Crippen LogP contribution in [0.4, 0.5) is 0 Å². The van der Waals surface area contributed by atoms with Gasteiger partial charge in [0.15, 0.2) is 6.29 Å². The third-order valence-electron chi connectivity index (χ3n) is 2.02. The quantitative estimate of drug-likeness (QED) is 0.604. The van der Waals surface area contributed by atoms with Crippen LogP contribution in [0, 0.1) is 6.92 Å². The van der Waals surface area contributed by atoms with Crippen LogP contribution in [0.1, 0.15) is 40.6 Å². The Hall–Kier alpha value is -1.12. The highest BCUT2D eigenvalue weighted by molar-refractivity contribution is 5.78. The molecule has 0 atom stereocenters.